The summed E-state index contributed by atoms with van der Waals surface area (Å²) in [7, 11) is 0. The highest BCUT2D eigenvalue weighted by molar-refractivity contribution is 5.85. The Bertz CT molecular complexity index is 349. The van der Waals surface area contributed by atoms with Crippen LogP contribution in [-0.4, -0.2) is 23.5 Å². The summed E-state index contributed by atoms with van der Waals surface area (Å²) in [6.07, 6.45) is 8.03. The summed E-state index contributed by atoms with van der Waals surface area (Å²) in [6, 6.07) is 0. The molecule has 0 saturated heterocycles. The molecule has 0 atom stereocenters. The van der Waals surface area contributed by atoms with Gasteiger partial charge in [-0.3, -0.25) is 9.59 Å². The van der Waals surface area contributed by atoms with E-state index in [1.807, 2.05) is 0 Å². The number of hydrogen-bond acceptors (Lipinski definition) is 2. The van der Waals surface area contributed by atoms with Gasteiger partial charge in [0, 0.05) is 13.0 Å². The van der Waals surface area contributed by atoms with Crippen molar-refractivity contribution in [2.75, 3.05) is 6.54 Å². The number of nitrogens with one attached hydrogen (secondary N) is 1. The zero-order valence-electron chi connectivity index (χ0n) is 11.8. The third kappa shape index (κ3) is 2.93. The van der Waals surface area contributed by atoms with E-state index in [1.54, 1.807) is 0 Å². The van der Waals surface area contributed by atoms with Gasteiger partial charge in [-0.1, -0.05) is 26.2 Å². The third-order valence-electron chi connectivity index (χ3n) is 5.34. The fourth-order valence-corrected chi connectivity index (χ4v) is 3.51. The van der Waals surface area contributed by atoms with E-state index < -0.39 is 11.4 Å². The number of carbonyl (C=O) groups is 2. The lowest BCUT2D eigenvalue weighted by atomic mass is 9.67. The molecule has 0 spiro atoms. The van der Waals surface area contributed by atoms with Crippen LogP contribution >= 0.6 is 0 Å². The number of aliphatic carboxylic acids is 1. The summed E-state index contributed by atoms with van der Waals surface area (Å²) in [5, 5.41) is 12.3. The second-order valence-electron chi connectivity index (χ2n) is 6.45. The molecule has 4 heteroatoms. The number of hydrogen-bond donors (Lipinski definition) is 2. The van der Waals surface area contributed by atoms with E-state index in [2.05, 4.69) is 12.2 Å². The first-order chi connectivity index (χ1) is 9.02. The van der Waals surface area contributed by atoms with Crippen LogP contribution in [0, 0.1) is 10.8 Å². The van der Waals surface area contributed by atoms with Crippen molar-refractivity contribution in [1.82, 2.24) is 5.32 Å². The predicted octanol–water partition coefficient (Wildman–Crippen LogP) is 2.72. The molecular formula is C15H25NO3. The Hall–Kier alpha value is -1.06. The van der Waals surface area contributed by atoms with Crippen LogP contribution in [0.25, 0.3) is 0 Å². The van der Waals surface area contributed by atoms with Crippen molar-refractivity contribution in [3.63, 3.8) is 0 Å². The molecule has 0 aromatic carbocycles. The molecule has 2 rings (SSSR count). The van der Waals surface area contributed by atoms with Gasteiger partial charge in [0.05, 0.1) is 5.41 Å². The van der Waals surface area contributed by atoms with Gasteiger partial charge >= 0.3 is 5.97 Å². The molecule has 1 amide bonds. The zero-order chi connectivity index (χ0) is 13.9. The molecule has 0 aromatic rings. The fraction of sp³-hybridized carbons (Fsp3) is 0.867. The van der Waals surface area contributed by atoms with Crippen LogP contribution in [0.4, 0.5) is 0 Å². The summed E-state index contributed by atoms with van der Waals surface area (Å²) in [5.41, 5.74) is -0.495. The van der Waals surface area contributed by atoms with Crippen molar-refractivity contribution in [2.24, 2.45) is 10.8 Å². The van der Waals surface area contributed by atoms with Gasteiger partial charge in [0.25, 0.3) is 0 Å². The van der Waals surface area contributed by atoms with Gasteiger partial charge in [0.15, 0.2) is 0 Å². The van der Waals surface area contributed by atoms with E-state index in [0.717, 1.165) is 25.8 Å². The van der Waals surface area contributed by atoms with Crippen LogP contribution in [0.1, 0.15) is 64.7 Å². The molecule has 108 valence electrons. The number of amides is 1. The Kier molecular flexibility index (Phi) is 4.16. The first-order valence-electron chi connectivity index (χ1n) is 7.52. The standard InChI is InChI=1S/C15H25NO3/c1-2-14(6-5-7-14)11-16-12(17)10-15(13(18)19)8-3-4-9-15/h2-11H2,1H3,(H,16,17)(H,18,19). The second kappa shape index (κ2) is 5.51. The molecule has 2 N–H and O–H groups in total. The minimum absolute atomic E-state index is 0.0796. The minimum atomic E-state index is -0.797. The van der Waals surface area contributed by atoms with E-state index in [-0.39, 0.29) is 12.3 Å². The topological polar surface area (TPSA) is 66.4 Å². The largest absolute Gasteiger partial charge is 0.481 e. The lowest BCUT2D eigenvalue weighted by Crippen LogP contribution is -2.43. The first-order valence-corrected chi connectivity index (χ1v) is 7.52. The fourth-order valence-electron chi connectivity index (χ4n) is 3.51. The predicted molar refractivity (Wildman–Crippen MR) is 72.7 cm³/mol. The molecule has 0 unspecified atom stereocenters. The molecule has 4 nitrogen and oxygen atoms in total. The van der Waals surface area contributed by atoms with Crippen molar-refractivity contribution in [3.8, 4) is 0 Å². The lowest BCUT2D eigenvalue weighted by Gasteiger charge is -2.41. The molecule has 0 heterocycles. The summed E-state index contributed by atoms with van der Waals surface area (Å²) < 4.78 is 0. The van der Waals surface area contributed by atoms with Crippen LogP contribution in [0.5, 0.6) is 0 Å². The van der Waals surface area contributed by atoms with E-state index in [1.165, 1.54) is 19.3 Å². The van der Waals surface area contributed by atoms with Gasteiger partial charge < -0.3 is 10.4 Å². The molecule has 0 aromatic heterocycles. The molecule has 0 aliphatic heterocycles. The SMILES string of the molecule is CCC1(CNC(=O)CC2(C(=O)O)CCCC2)CCC1. The Morgan fingerprint density at radius 3 is 2.16 bits per heavy atom. The Balaban J connectivity index is 1.85. The molecule has 2 fully saturated rings. The Labute approximate surface area is 115 Å². The number of carboxylic acids is 1. The molecule has 2 aliphatic carbocycles. The van der Waals surface area contributed by atoms with Crippen molar-refractivity contribution in [3.05, 3.63) is 0 Å². The average molecular weight is 267 g/mol. The summed E-state index contributed by atoms with van der Waals surface area (Å²) in [4.78, 5) is 23.4. The molecule has 2 aliphatic rings. The summed E-state index contributed by atoms with van der Waals surface area (Å²) in [5.74, 6) is -0.877. The molecule has 0 bridgehead atoms. The number of rotatable bonds is 6. The maximum absolute atomic E-state index is 12.0. The van der Waals surface area contributed by atoms with Gasteiger partial charge in [-0.15, -0.1) is 0 Å². The van der Waals surface area contributed by atoms with Crippen LogP contribution in [-0.2, 0) is 9.59 Å². The lowest BCUT2D eigenvalue weighted by molar-refractivity contribution is -0.151. The highest BCUT2D eigenvalue weighted by Gasteiger charge is 2.43. The van der Waals surface area contributed by atoms with Gasteiger partial charge in [-0.25, -0.2) is 0 Å². The molecule has 2 saturated carbocycles. The second-order valence-corrected chi connectivity index (χ2v) is 6.45. The quantitative estimate of drug-likeness (QED) is 0.777. The van der Waals surface area contributed by atoms with E-state index in [9.17, 15) is 14.7 Å². The minimum Gasteiger partial charge on any atom is -0.481 e. The van der Waals surface area contributed by atoms with Gasteiger partial charge in [0.1, 0.15) is 0 Å². The normalized spacial score (nSPS) is 23.6. The molecular weight excluding hydrogens is 242 g/mol. The average Bonchev–Trinajstić information content (AvgIpc) is 2.78. The van der Waals surface area contributed by atoms with Crippen molar-refractivity contribution in [2.45, 2.75) is 64.7 Å². The van der Waals surface area contributed by atoms with Crippen molar-refractivity contribution < 1.29 is 14.7 Å². The van der Waals surface area contributed by atoms with E-state index >= 15 is 0 Å². The molecule has 0 radical (unpaired) electrons. The van der Waals surface area contributed by atoms with Gasteiger partial charge in [-0.05, 0) is 37.5 Å². The maximum atomic E-state index is 12.0. The maximum Gasteiger partial charge on any atom is 0.310 e. The third-order valence-corrected chi connectivity index (χ3v) is 5.34. The Morgan fingerprint density at radius 2 is 1.74 bits per heavy atom. The van der Waals surface area contributed by atoms with E-state index in [4.69, 9.17) is 0 Å². The smallest absolute Gasteiger partial charge is 0.310 e. The van der Waals surface area contributed by atoms with Crippen LogP contribution < -0.4 is 5.32 Å². The van der Waals surface area contributed by atoms with Crippen molar-refractivity contribution in [1.29, 1.82) is 0 Å². The van der Waals surface area contributed by atoms with Crippen molar-refractivity contribution >= 4 is 11.9 Å². The zero-order valence-corrected chi connectivity index (χ0v) is 11.8. The molecule has 19 heavy (non-hydrogen) atoms. The summed E-state index contributed by atoms with van der Waals surface area (Å²) >= 11 is 0. The monoisotopic (exact) mass is 267 g/mol. The van der Waals surface area contributed by atoms with Gasteiger partial charge in [-0.2, -0.15) is 0 Å². The Morgan fingerprint density at radius 1 is 1.11 bits per heavy atom. The van der Waals surface area contributed by atoms with Crippen LogP contribution in [0.15, 0.2) is 0 Å². The van der Waals surface area contributed by atoms with E-state index in [0.29, 0.717) is 18.3 Å². The highest BCUT2D eigenvalue weighted by atomic mass is 16.4. The van der Waals surface area contributed by atoms with Crippen LogP contribution in [0.2, 0.25) is 0 Å². The summed E-state index contributed by atoms with van der Waals surface area (Å²) in [6.45, 7) is 2.89. The number of carbonyl (C=O) groups excluding carboxylic acids is 1. The highest BCUT2D eigenvalue weighted by Crippen LogP contribution is 2.44. The first kappa shape index (κ1) is 14.4. The number of carboxylic acid groups (broad SMARTS) is 1. The van der Waals surface area contributed by atoms with Gasteiger partial charge in [0.2, 0.25) is 5.91 Å². The van der Waals surface area contributed by atoms with Crippen LogP contribution in [0.3, 0.4) is 0 Å².